The Labute approximate surface area is 67.2 Å². The van der Waals surface area contributed by atoms with Crippen molar-refractivity contribution in [1.82, 2.24) is 5.09 Å². The molecule has 0 saturated carbocycles. The minimum absolute atomic E-state index is 0.345. The first-order valence-corrected chi connectivity index (χ1v) is 5.00. The highest BCUT2D eigenvalue weighted by Crippen LogP contribution is 2.42. The molecule has 0 atom stereocenters. The van der Waals surface area contributed by atoms with E-state index in [-0.39, 0.29) is 0 Å². The summed E-state index contributed by atoms with van der Waals surface area (Å²) >= 11 is 0. The Morgan fingerprint density at radius 3 is 2.18 bits per heavy atom. The van der Waals surface area contributed by atoms with E-state index in [9.17, 15) is 4.57 Å². The normalized spacial score (nSPS) is 11.1. The number of hydrogen-bond donors (Lipinski definition) is 1. The molecule has 0 aliphatic carbocycles. The van der Waals surface area contributed by atoms with Gasteiger partial charge in [-0.15, -0.1) is 0 Å². The van der Waals surface area contributed by atoms with Gasteiger partial charge in [0.25, 0.3) is 0 Å². The van der Waals surface area contributed by atoms with Gasteiger partial charge in [-0.2, -0.15) is 0 Å². The van der Waals surface area contributed by atoms with E-state index in [1.807, 2.05) is 0 Å². The van der Waals surface area contributed by atoms with Gasteiger partial charge in [0.1, 0.15) is 0 Å². The largest absolute Gasteiger partial charge is 0.432 e. The first-order valence-electron chi connectivity index (χ1n) is 3.46. The molecule has 0 saturated heterocycles. The summed E-state index contributed by atoms with van der Waals surface area (Å²) in [4.78, 5) is 0. The summed E-state index contributed by atoms with van der Waals surface area (Å²) in [5.41, 5.74) is 0. The number of rotatable bonds is 6. The average molecular weight is 179 g/mol. The van der Waals surface area contributed by atoms with E-state index >= 15 is 0 Å². The quantitative estimate of drug-likeness (QED) is 0.632. The summed E-state index contributed by atoms with van der Waals surface area (Å²) in [5, 5.41) is 2.44. The third-order valence-corrected chi connectivity index (χ3v) is 2.54. The molecule has 66 valence electrons. The molecule has 0 fully saturated rings. The van der Waals surface area contributed by atoms with Gasteiger partial charge in [0.05, 0.1) is 13.2 Å². The molecule has 0 amide bonds. The molecule has 0 aromatic rings. The molecule has 0 aliphatic rings. The first kappa shape index (κ1) is 10.7. The second-order valence-corrected chi connectivity index (χ2v) is 3.44. The molecule has 0 heterocycles. The van der Waals surface area contributed by atoms with Crippen molar-refractivity contribution in [2.45, 2.75) is 13.8 Å². The summed E-state index contributed by atoms with van der Waals surface area (Å²) in [6.45, 7) is 7.55. The maximum atomic E-state index is 11.4. The van der Waals surface area contributed by atoms with Crippen molar-refractivity contribution in [3.05, 3.63) is 12.8 Å². The van der Waals surface area contributed by atoms with Gasteiger partial charge in [0.2, 0.25) is 0 Å². The molecule has 0 spiro atoms. The van der Waals surface area contributed by atoms with Crippen LogP contribution in [0.25, 0.3) is 0 Å². The van der Waals surface area contributed by atoms with Crippen molar-refractivity contribution >= 4 is 7.75 Å². The van der Waals surface area contributed by atoms with Crippen LogP contribution in [-0.2, 0) is 13.6 Å². The van der Waals surface area contributed by atoms with Crippen molar-refractivity contribution < 1.29 is 13.6 Å². The molecule has 0 aromatic heterocycles. The lowest BCUT2D eigenvalue weighted by molar-refractivity contribution is 0.215. The van der Waals surface area contributed by atoms with Gasteiger partial charge in [0, 0.05) is 0 Å². The van der Waals surface area contributed by atoms with E-state index in [0.29, 0.717) is 13.2 Å². The zero-order chi connectivity index (χ0) is 8.74. The van der Waals surface area contributed by atoms with Gasteiger partial charge in [-0.3, -0.25) is 9.05 Å². The van der Waals surface area contributed by atoms with Crippen LogP contribution < -0.4 is 5.09 Å². The zero-order valence-electron chi connectivity index (χ0n) is 6.87. The third kappa shape index (κ3) is 4.19. The SMILES string of the molecule is C=CNP(=O)(OCC)OCC. The van der Waals surface area contributed by atoms with Gasteiger partial charge in [-0.1, -0.05) is 6.58 Å². The van der Waals surface area contributed by atoms with Crippen molar-refractivity contribution in [2.75, 3.05) is 13.2 Å². The summed E-state index contributed by atoms with van der Waals surface area (Å²) < 4.78 is 21.1. The highest BCUT2D eigenvalue weighted by atomic mass is 31.2. The van der Waals surface area contributed by atoms with Crippen LogP contribution >= 0.6 is 7.75 Å². The minimum Gasteiger partial charge on any atom is -0.300 e. The first-order chi connectivity index (χ1) is 5.18. The lowest BCUT2D eigenvalue weighted by atomic mass is 10.9. The van der Waals surface area contributed by atoms with Crippen LogP contribution in [0.3, 0.4) is 0 Å². The summed E-state index contributed by atoms with van der Waals surface area (Å²) in [5.74, 6) is 0. The Kier molecular flexibility index (Phi) is 5.20. The van der Waals surface area contributed by atoms with Gasteiger partial charge in [0.15, 0.2) is 0 Å². The van der Waals surface area contributed by atoms with Crippen LogP contribution in [0.2, 0.25) is 0 Å². The smallest absolute Gasteiger partial charge is 0.300 e. The second-order valence-electron chi connectivity index (χ2n) is 1.67. The zero-order valence-corrected chi connectivity index (χ0v) is 7.77. The monoisotopic (exact) mass is 179 g/mol. The molecular formula is C6H14NO3P. The van der Waals surface area contributed by atoms with Crippen molar-refractivity contribution in [3.63, 3.8) is 0 Å². The highest BCUT2D eigenvalue weighted by molar-refractivity contribution is 7.51. The maximum absolute atomic E-state index is 11.4. The average Bonchev–Trinajstić information content (AvgIpc) is 1.88. The number of hydrogen-bond acceptors (Lipinski definition) is 3. The van der Waals surface area contributed by atoms with Crippen molar-refractivity contribution in [3.8, 4) is 0 Å². The Morgan fingerprint density at radius 1 is 1.45 bits per heavy atom. The molecular weight excluding hydrogens is 165 g/mol. The molecule has 0 rings (SSSR count). The van der Waals surface area contributed by atoms with Gasteiger partial charge >= 0.3 is 7.75 Å². The van der Waals surface area contributed by atoms with E-state index in [4.69, 9.17) is 9.05 Å². The van der Waals surface area contributed by atoms with Gasteiger partial charge in [-0.05, 0) is 20.0 Å². The van der Waals surface area contributed by atoms with Crippen LogP contribution in [0.4, 0.5) is 0 Å². The Morgan fingerprint density at radius 2 is 1.91 bits per heavy atom. The topological polar surface area (TPSA) is 47.6 Å². The fourth-order valence-corrected chi connectivity index (χ4v) is 1.69. The molecule has 4 nitrogen and oxygen atoms in total. The summed E-state index contributed by atoms with van der Waals surface area (Å²) in [7, 11) is -3.09. The molecule has 0 aromatic carbocycles. The minimum atomic E-state index is -3.09. The van der Waals surface area contributed by atoms with E-state index in [0.717, 1.165) is 0 Å². The summed E-state index contributed by atoms with van der Waals surface area (Å²) in [6.07, 6.45) is 1.30. The summed E-state index contributed by atoms with van der Waals surface area (Å²) in [6, 6.07) is 0. The molecule has 0 aliphatic heterocycles. The maximum Gasteiger partial charge on any atom is 0.432 e. The molecule has 0 unspecified atom stereocenters. The van der Waals surface area contributed by atoms with Crippen LogP contribution in [-0.4, -0.2) is 13.2 Å². The van der Waals surface area contributed by atoms with Crippen LogP contribution in [0.15, 0.2) is 12.8 Å². The Hall–Kier alpha value is -0.310. The predicted octanol–water partition coefficient (Wildman–Crippen LogP) is 1.90. The van der Waals surface area contributed by atoms with Crippen molar-refractivity contribution in [1.29, 1.82) is 0 Å². The van der Waals surface area contributed by atoms with Gasteiger partial charge < -0.3 is 5.09 Å². The lowest BCUT2D eigenvalue weighted by Gasteiger charge is -2.15. The lowest BCUT2D eigenvalue weighted by Crippen LogP contribution is -2.08. The van der Waals surface area contributed by atoms with E-state index in [2.05, 4.69) is 11.7 Å². The number of nitrogens with one attached hydrogen (secondary N) is 1. The molecule has 0 bridgehead atoms. The Balaban J connectivity index is 4.01. The fraction of sp³-hybridized carbons (Fsp3) is 0.667. The predicted molar refractivity (Wildman–Crippen MR) is 44.2 cm³/mol. The van der Waals surface area contributed by atoms with Crippen LogP contribution in [0.1, 0.15) is 13.8 Å². The van der Waals surface area contributed by atoms with Crippen molar-refractivity contribution in [2.24, 2.45) is 0 Å². The third-order valence-electron chi connectivity index (χ3n) is 0.848. The van der Waals surface area contributed by atoms with E-state index in [1.54, 1.807) is 13.8 Å². The highest BCUT2D eigenvalue weighted by Gasteiger charge is 2.20. The van der Waals surface area contributed by atoms with Crippen LogP contribution in [0.5, 0.6) is 0 Å². The van der Waals surface area contributed by atoms with Gasteiger partial charge in [-0.25, -0.2) is 4.57 Å². The van der Waals surface area contributed by atoms with E-state index < -0.39 is 7.75 Å². The fourth-order valence-electron chi connectivity index (χ4n) is 0.564. The van der Waals surface area contributed by atoms with Crippen LogP contribution in [0, 0.1) is 0 Å². The molecule has 0 radical (unpaired) electrons. The van der Waals surface area contributed by atoms with E-state index in [1.165, 1.54) is 6.20 Å². The Bertz CT molecular complexity index is 150. The molecule has 5 heteroatoms. The second kappa shape index (κ2) is 5.35. The standard InChI is InChI=1S/C6H14NO3P/c1-4-7-11(8,9-5-2)10-6-3/h4H,1,5-6H2,2-3H3,(H,7,8). The molecule has 1 N–H and O–H groups in total. The molecule has 11 heavy (non-hydrogen) atoms.